The van der Waals surface area contributed by atoms with Crippen molar-refractivity contribution in [1.29, 1.82) is 0 Å². The summed E-state index contributed by atoms with van der Waals surface area (Å²) in [5, 5.41) is 132. The van der Waals surface area contributed by atoms with Gasteiger partial charge in [0.25, 0.3) is 5.91 Å². The highest BCUT2D eigenvalue weighted by atomic mass is 35.5. The van der Waals surface area contributed by atoms with Crippen LogP contribution in [-0.4, -0.2) is 227 Å². The van der Waals surface area contributed by atoms with Gasteiger partial charge in [0, 0.05) is 55.5 Å². The molecule has 684 valence electrons. The molecule has 22 N–H and O–H groups in total. The highest BCUT2D eigenvalue weighted by Crippen LogP contribution is 2.50. The van der Waals surface area contributed by atoms with Gasteiger partial charge in [0.05, 0.1) is 57.8 Å². The number of phenols is 3. The number of nitrogens with two attached hydrogens (primary N) is 1. The highest BCUT2D eigenvalue weighted by Gasteiger charge is 2.52. The number of aliphatic hydroxyl groups excluding tert-OH is 6. The van der Waals surface area contributed by atoms with Gasteiger partial charge in [-0.05, 0) is 139 Å². The Morgan fingerprint density at radius 3 is 1.98 bits per heavy atom. The van der Waals surface area contributed by atoms with Gasteiger partial charge in [0.2, 0.25) is 65.2 Å². The lowest BCUT2D eigenvalue weighted by molar-refractivity contribution is -0.334. The predicted octanol–water partition coefficient (Wildman–Crippen LogP) is 1.19. The van der Waals surface area contributed by atoms with Gasteiger partial charge in [0.1, 0.15) is 101 Å². The molecule has 14 rings (SSSR count). The number of halogens is 4. The Labute approximate surface area is 747 Å². The van der Waals surface area contributed by atoms with E-state index in [0.717, 1.165) is 66.7 Å². The minimum absolute atomic E-state index is 0.0486. The maximum Gasteiger partial charge on any atom is 0.349 e. The van der Waals surface area contributed by atoms with Crippen molar-refractivity contribution in [2.75, 3.05) is 39.2 Å². The van der Waals surface area contributed by atoms with Crippen LogP contribution in [-0.2, 0) is 80.0 Å². The SMILES string of the molecule is CNC(=O)CONC(=O)C1NC(=O)C2NC(=O)C(NC(=O)C3NC(=O)C(CC(N)=O)NC(=O)C(NC(=O)C(CC(C)C)NC)C(O)c4ccc(c(Cl)c4)Oc4cc3cc(c4OC3OC(CO)C(O)C(O)C3OC3CC(C)(NCCn4ccc(NC(=O)Cc5ccc(Cl)c(Cl)c5)nc4=O)C(O)C(C)O3)Oc3ccc(cc3Cl)C2O)c2ccc(O)c(c2)-c2c(O)cc(O)cc21. The Bertz CT molecular complexity index is 5510. The number of amides is 10. The first-order chi connectivity index (χ1) is 60.7. The van der Waals surface area contributed by atoms with E-state index in [1.165, 1.54) is 62.1 Å². The monoisotopic (exact) mass is 1860 g/mol. The van der Waals surface area contributed by atoms with Crippen molar-refractivity contribution in [2.24, 2.45) is 11.7 Å². The van der Waals surface area contributed by atoms with Crippen LogP contribution in [0.3, 0.4) is 0 Å². The number of aromatic hydroxyl groups is 3. The second-order valence-electron chi connectivity index (χ2n) is 31.4. The number of aliphatic hydroxyl groups is 6. The molecule has 18 unspecified atom stereocenters. The van der Waals surface area contributed by atoms with Crippen LogP contribution < -0.4 is 84.3 Å². The number of phenolic OH excluding ortho intramolecular Hbond substituents is 3. The zero-order valence-corrected chi connectivity index (χ0v) is 71.8. The average Bonchev–Trinajstić information content (AvgIpc) is 0.776. The number of benzene rings is 6. The Morgan fingerprint density at radius 2 is 1.34 bits per heavy atom. The minimum Gasteiger partial charge on any atom is -0.508 e. The van der Waals surface area contributed by atoms with Crippen LogP contribution in [0.15, 0.2) is 114 Å². The summed E-state index contributed by atoms with van der Waals surface area (Å²) in [6, 6.07) is 4.96. The number of likely N-dealkylation sites (N-methyl/N-ethyl adjacent to an activating group) is 2. The Balaban J connectivity index is 0.998. The second kappa shape index (κ2) is 40.8. The molecule has 10 amide bonds. The van der Waals surface area contributed by atoms with E-state index < -0.39 is 277 Å². The van der Waals surface area contributed by atoms with Crippen molar-refractivity contribution >= 4 is 111 Å². The van der Waals surface area contributed by atoms with E-state index in [1.807, 2.05) is 5.48 Å². The number of hydroxylamine groups is 1. The lowest BCUT2D eigenvalue weighted by Crippen LogP contribution is -2.65. The molecule has 2 fully saturated rings. The molecule has 0 spiro atoms. The first-order valence-electron chi connectivity index (χ1n) is 39.9. The number of nitrogens with one attached hydrogen (secondary N) is 11. The number of rotatable bonds is 23. The standard InChI is InChI=1S/C83H92Cl4N14O27/c1-33(2)19-47(89-5)74(114)98-65-67(109)37-9-13-51(45(86)23-37)124-53-25-39-26-54(71(53)128-81-72(70(112)69(111)55(31-102)126-81)127-60-30-83(4,73(113)34(3)123-60)91-16-18-101-17-15-57(94-82(101)121)93-58(107)21-35-7-11-43(84)44(85)20-35)125-52-14-10-38(24-46(52)87)68(110)66-79(119)97-64(80(120)100-122-32-59(108)90-6)42-27-40(103)28-50(105)61(42)41-22-36(8-12-49(41)104)62(76(116)99-66)96-77(117)63(39)95-75(115)48(29-56(88)106)92-78(65)118/h7-15,17,20,22-28,33-34,47-48,55,60,62-70,72-73,81,89,91,102-105,109-113H,16,18-19,21,29-32H2,1-6H3,(H2,88,106)(H,90,108)(H,92,118)(H,95,115)(H,96,117)(H,97,119)(H,98,114)(H,99,116)(H,100,120)(H,93,94,107,121). The van der Waals surface area contributed by atoms with Gasteiger partial charge in [-0.2, -0.15) is 4.98 Å². The first kappa shape index (κ1) is 95.5. The summed E-state index contributed by atoms with van der Waals surface area (Å²) in [5.74, 6) is -17.4. The first-order valence-corrected chi connectivity index (χ1v) is 41.4. The summed E-state index contributed by atoms with van der Waals surface area (Å²) in [5.41, 5.74) is 3.15. The van der Waals surface area contributed by atoms with E-state index in [1.54, 1.807) is 26.8 Å². The zero-order valence-electron chi connectivity index (χ0n) is 68.8. The number of ether oxygens (including phenoxy) is 6. The number of hydrogen-bond acceptors (Lipinski definition) is 30. The minimum atomic E-state index is -2.42. The molecule has 0 saturated carbocycles. The van der Waals surface area contributed by atoms with Crippen LogP contribution in [0.2, 0.25) is 20.1 Å². The number of fused-ring (bicyclic) bond motifs is 15. The molecule has 0 aliphatic carbocycles. The highest BCUT2D eigenvalue weighted by molar-refractivity contribution is 6.42. The molecule has 1 aromatic heterocycles. The summed E-state index contributed by atoms with van der Waals surface area (Å²) >= 11 is 26.5. The summed E-state index contributed by atoms with van der Waals surface area (Å²) < 4.78 is 40.6. The molecule has 41 nitrogen and oxygen atoms in total. The van der Waals surface area contributed by atoms with Gasteiger partial charge >= 0.3 is 5.69 Å². The van der Waals surface area contributed by atoms with Gasteiger partial charge in [-0.3, -0.25) is 57.4 Å². The van der Waals surface area contributed by atoms with Crippen LogP contribution in [0, 0.1) is 5.92 Å². The normalized spacial score (nSPS) is 25.6. The maximum atomic E-state index is 16.4. The maximum absolute atomic E-state index is 16.4. The van der Waals surface area contributed by atoms with Crippen molar-refractivity contribution in [2.45, 2.75) is 169 Å². The van der Waals surface area contributed by atoms with Gasteiger partial charge in [0.15, 0.2) is 30.5 Å². The molecule has 18 atom stereocenters. The molecule has 6 aromatic carbocycles. The number of primary amides is 1. The second-order valence-corrected chi connectivity index (χ2v) is 33.0. The molecule has 7 aliphatic heterocycles. The smallest absolute Gasteiger partial charge is 0.349 e. The summed E-state index contributed by atoms with van der Waals surface area (Å²) in [6.07, 6.45) is -18.5. The van der Waals surface area contributed by atoms with Crippen LogP contribution in [0.5, 0.6) is 46.0 Å². The summed E-state index contributed by atoms with van der Waals surface area (Å²) in [4.78, 5) is 168. The van der Waals surface area contributed by atoms with Crippen LogP contribution in [0.4, 0.5) is 5.82 Å². The predicted molar refractivity (Wildman–Crippen MR) is 451 cm³/mol. The number of aromatic nitrogens is 2. The van der Waals surface area contributed by atoms with E-state index in [0.29, 0.717) is 5.56 Å². The third-order valence-corrected chi connectivity index (χ3v) is 23.1. The fourth-order valence-corrected chi connectivity index (χ4v) is 15.9. The van der Waals surface area contributed by atoms with E-state index in [4.69, 9.17) is 85.4 Å². The van der Waals surface area contributed by atoms with E-state index in [9.17, 15) is 74.7 Å². The van der Waals surface area contributed by atoms with Gasteiger partial charge in [-0.1, -0.05) is 84.5 Å². The zero-order chi connectivity index (χ0) is 92.8. The van der Waals surface area contributed by atoms with Gasteiger partial charge in [-0.25, -0.2) is 10.3 Å². The van der Waals surface area contributed by atoms with E-state index in [-0.39, 0.29) is 65.3 Å². The summed E-state index contributed by atoms with van der Waals surface area (Å²) in [7, 11) is 2.71. The molecule has 0 radical (unpaired) electrons. The van der Waals surface area contributed by atoms with Crippen LogP contribution in [0.1, 0.15) is 111 Å². The molecule has 11 bridgehead atoms. The van der Waals surface area contributed by atoms with Crippen molar-refractivity contribution < 1.29 is 127 Å². The molecule has 8 heterocycles. The number of carbonyl (C=O) groups excluding carboxylic acids is 10. The van der Waals surface area contributed by atoms with Crippen LogP contribution in [0.25, 0.3) is 11.1 Å². The number of nitrogens with zero attached hydrogens (tertiary/aromatic N) is 2. The lowest BCUT2D eigenvalue weighted by atomic mass is 9.85. The third-order valence-electron chi connectivity index (χ3n) is 21.8. The largest absolute Gasteiger partial charge is 0.508 e. The van der Waals surface area contributed by atoms with E-state index >= 15 is 24.0 Å². The van der Waals surface area contributed by atoms with Crippen molar-refractivity contribution in [3.63, 3.8) is 0 Å². The molecule has 45 heteroatoms. The topological polar surface area (TPSA) is 611 Å². The number of anilines is 1. The lowest BCUT2D eigenvalue weighted by Gasteiger charge is -2.48. The molecule has 128 heavy (non-hydrogen) atoms. The number of hydrogen-bond donors (Lipinski definition) is 21. The van der Waals surface area contributed by atoms with Crippen molar-refractivity contribution in [3.05, 3.63) is 173 Å². The average molecular weight is 1860 g/mol. The van der Waals surface area contributed by atoms with Crippen molar-refractivity contribution in [1.82, 2.24) is 62.9 Å². The van der Waals surface area contributed by atoms with E-state index in [2.05, 4.69) is 58.2 Å². The van der Waals surface area contributed by atoms with Crippen molar-refractivity contribution in [3.8, 4) is 57.1 Å². The Hall–Kier alpha value is -11.6. The van der Waals surface area contributed by atoms with Gasteiger partial charge < -0.3 is 133 Å². The molecule has 7 aliphatic rings. The van der Waals surface area contributed by atoms with Crippen LogP contribution >= 0.6 is 46.4 Å². The Kier molecular flexibility index (Phi) is 30.4. The fraction of sp³-hybridized carbons (Fsp3) is 0.398. The molecule has 2 saturated heterocycles. The summed E-state index contributed by atoms with van der Waals surface area (Å²) in [6.45, 7) is 4.71. The fourth-order valence-electron chi connectivity index (χ4n) is 15.1. The molecular weight excluding hydrogens is 1770 g/mol. The quantitative estimate of drug-likeness (QED) is 0.0400. The molecular formula is C83H92Cl4N14O27. The Morgan fingerprint density at radius 1 is 0.688 bits per heavy atom. The third kappa shape index (κ3) is 21.9. The number of carbonyl (C=O) groups is 10. The molecule has 7 aromatic rings. The van der Waals surface area contributed by atoms with Gasteiger partial charge in [-0.15, -0.1) is 0 Å².